The van der Waals surface area contributed by atoms with Crippen molar-refractivity contribution in [3.05, 3.63) is 53.6 Å². The minimum atomic E-state index is -0.898. The summed E-state index contributed by atoms with van der Waals surface area (Å²) in [6, 6.07) is 8.09. The standard InChI is InChI=1S/C22H28O5/c1-3-5-21(23)27-20-13-9-18(10-14-20)17-7-11-19(12-8-17)26-15-4-6-16(2)22(24)25/h3,5-8,11-12,18,20H,4,9-10,13-15H2,1-2H3,(H,24,25). The van der Waals surface area contributed by atoms with Crippen LogP contribution in [0.2, 0.25) is 0 Å². The summed E-state index contributed by atoms with van der Waals surface area (Å²) in [5, 5.41) is 8.80. The highest BCUT2D eigenvalue weighted by atomic mass is 16.5. The van der Waals surface area contributed by atoms with Gasteiger partial charge in [-0.15, -0.1) is 0 Å². The van der Waals surface area contributed by atoms with Crippen LogP contribution < -0.4 is 4.74 Å². The fraction of sp³-hybridized carbons (Fsp3) is 0.455. The van der Waals surface area contributed by atoms with Gasteiger partial charge in [0.2, 0.25) is 0 Å². The van der Waals surface area contributed by atoms with Gasteiger partial charge in [-0.05, 0) is 63.1 Å². The van der Waals surface area contributed by atoms with E-state index in [-0.39, 0.29) is 12.1 Å². The van der Waals surface area contributed by atoms with Crippen LogP contribution in [0.25, 0.3) is 0 Å². The minimum absolute atomic E-state index is 0.0230. The smallest absolute Gasteiger partial charge is 0.330 e. The lowest BCUT2D eigenvalue weighted by molar-refractivity contribution is -0.144. The zero-order valence-corrected chi connectivity index (χ0v) is 16.0. The number of carboxylic acid groups (broad SMARTS) is 1. The number of esters is 1. The molecule has 0 bridgehead atoms. The third-order valence-corrected chi connectivity index (χ3v) is 4.79. The Morgan fingerprint density at radius 2 is 1.81 bits per heavy atom. The van der Waals surface area contributed by atoms with Crippen molar-refractivity contribution in [2.24, 2.45) is 0 Å². The number of carboxylic acids is 1. The number of benzene rings is 1. The second-order valence-electron chi connectivity index (χ2n) is 6.81. The fourth-order valence-electron chi connectivity index (χ4n) is 3.23. The number of hydrogen-bond donors (Lipinski definition) is 1. The molecule has 1 aromatic rings. The topological polar surface area (TPSA) is 72.8 Å². The molecule has 0 heterocycles. The van der Waals surface area contributed by atoms with E-state index in [0.29, 0.717) is 24.5 Å². The Balaban J connectivity index is 1.76. The molecule has 146 valence electrons. The second kappa shape index (κ2) is 10.6. The number of ether oxygens (including phenoxy) is 2. The molecule has 0 unspecified atom stereocenters. The van der Waals surface area contributed by atoms with E-state index in [1.54, 1.807) is 26.0 Å². The molecule has 27 heavy (non-hydrogen) atoms. The lowest BCUT2D eigenvalue weighted by atomic mass is 9.83. The first-order valence-electron chi connectivity index (χ1n) is 9.45. The lowest BCUT2D eigenvalue weighted by Gasteiger charge is -2.28. The molecule has 2 rings (SSSR count). The van der Waals surface area contributed by atoms with Crippen LogP contribution in [0, 0.1) is 0 Å². The first-order chi connectivity index (χ1) is 13.0. The molecule has 0 radical (unpaired) electrons. The second-order valence-corrected chi connectivity index (χ2v) is 6.81. The SMILES string of the molecule is CC=CC(=O)OC1CCC(c2ccc(OCCC=C(C)C(=O)O)cc2)CC1. The molecule has 0 aliphatic heterocycles. The van der Waals surface area contributed by atoms with Crippen molar-refractivity contribution >= 4 is 11.9 Å². The molecule has 0 amide bonds. The summed E-state index contributed by atoms with van der Waals surface area (Å²) in [6.07, 6.45) is 9.21. The Kier molecular flexibility index (Phi) is 8.11. The van der Waals surface area contributed by atoms with E-state index in [1.807, 2.05) is 12.1 Å². The van der Waals surface area contributed by atoms with Crippen molar-refractivity contribution in [3.8, 4) is 5.75 Å². The summed E-state index contributed by atoms with van der Waals surface area (Å²) in [6.45, 7) is 3.83. The number of hydrogen-bond acceptors (Lipinski definition) is 4. The Labute approximate surface area is 160 Å². The van der Waals surface area contributed by atoms with Gasteiger partial charge in [-0.3, -0.25) is 0 Å². The van der Waals surface area contributed by atoms with Gasteiger partial charge in [0, 0.05) is 18.1 Å². The minimum Gasteiger partial charge on any atom is -0.493 e. The van der Waals surface area contributed by atoms with E-state index in [2.05, 4.69) is 12.1 Å². The summed E-state index contributed by atoms with van der Waals surface area (Å²) >= 11 is 0. The van der Waals surface area contributed by atoms with E-state index in [9.17, 15) is 9.59 Å². The molecule has 5 nitrogen and oxygen atoms in total. The maximum Gasteiger partial charge on any atom is 0.330 e. The van der Waals surface area contributed by atoms with Gasteiger partial charge >= 0.3 is 11.9 Å². The predicted octanol–water partition coefficient (Wildman–Crippen LogP) is 4.63. The van der Waals surface area contributed by atoms with Gasteiger partial charge in [0.05, 0.1) is 6.61 Å². The van der Waals surface area contributed by atoms with Gasteiger partial charge < -0.3 is 14.6 Å². The first kappa shape index (κ1) is 20.7. The predicted molar refractivity (Wildman–Crippen MR) is 104 cm³/mol. The third kappa shape index (κ3) is 6.93. The highest BCUT2D eigenvalue weighted by Gasteiger charge is 2.24. The van der Waals surface area contributed by atoms with Crippen LogP contribution in [0.15, 0.2) is 48.1 Å². The average Bonchev–Trinajstić information content (AvgIpc) is 2.66. The zero-order valence-electron chi connectivity index (χ0n) is 16.0. The number of allylic oxidation sites excluding steroid dienone is 1. The molecule has 1 aliphatic carbocycles. The Morgan fingerprint density at radius 1 is 1.15 bits per heavy atom. The van der Waals surface area contributed by atoms with Gasteiger partial charge in [0.1, 0.15) is 11.9 Å². The van der Waals surface area contributed by atoms with Crippen LogP contribution in [-0.2, 0) is 14.3 Å². The average molecular weight is 372 g/mol. The van der Waals surface area contributed by atoms with E-state index >= 15 is 0 Å². The number of carbonyl (C=O) groups is 2. The van der Waals surface area contributed by atoms with Crippen molar-refractivity contribution in [1.29, 1.82) is 0 Å². The highest BCUT2D eigenvalue weighted by Crippen LogP contribution is 2.34. The van der Waals surface area contributed by atoms with Crippen LogP contribution in [0.1, 0.15) is 57.4 Å². The van der Waals surface area contributed by atoms with Crippen LogP contribution in [0.4, 0.5) is 0 Å². The molecule has 1 fully saturated rings. The molecule has 1 aliphatic rings. The van der Waals surface area contributed by atoms with Crippen LogP contribution in [0.5, 0.6) is 5.75 Å². The van der Waals surface area contributed by atoms with Gasteiger partial charge in [0.15, 0.2) is 0 Å². The molecule has 1 aromatic carbocycles. The Hall–Kier alpha value is -2.56. The fourth-order valence-corrected chi connectivity index (χ4v) is 3.23. The highest BCUT2D eigenvalue weighted by molar-refractivity contribution is 5.85. The molecular weight excluding hydrogens is 344 g/mol. The number of aliphatic carboxylic acids is 1. The van der Waals surface area contributed by atoms with Crippen molar-refractivity contribution in [2.75, 3.05) is 6.61 Å². The summed E-state index contributed by atoms with van der Waals surface area (Å²) in [4.78, 5) is 22.2. The molecule has 0 aromatic heterocycles. The van der Waals surface area contributed by atoms with Gasteiger partial charge in [0.25, 0.3) is 0 Å². The summed E-state index contributed by atoms with van der Waals surface area (Å²) in [5.74, 6) is 0.118. The molecule has 1 N–H and O–H groups in total. The number of rotatable bonds is 8. The van der Waals surface area contributed by atoms with Crippen LogP contribution in [-0.4, -0.2) is 29.8 Å². The summed E-state index contributed by atoms with van der Waals surface area (Å²) < 4.78 is 11.1. The van der Waals surface area contributed by atoms with E-state index in [0.717, 1.165) is 31.4 Å². The maximum atomic E-state index is 11.5. The van der Waals surface area contributed by atoms with Gasteiger partial charge in [-0.2, -0.15) is 0 Å². The summed E-state index contributed by atoms with van der Waals surface area (Å²) in [5.41, 5.74) is 1.61. The molecular formula is C22H28O5. The van der Waals surface area contributed by atoms with E-state index in [1.165, 1.54) is 11.6 Å². The molecule has 0 spiro atoms. The summed E-state index contributed by atoms with van der Waals surface area (Å²) in [7, 11) is 0. The quantitative estimate of drug-likeness (QED) is 0.409. The van der Waals surface area contributed by atoms with E-state index < -0.39 is 5.97 Å². The van der Waals surface area contributed by atoms with Crippen molar-refractivity contribution in [3.63, 3.8) is 0 Å². The zero-order chi connectivity index (χ0) is 19.6. The van der Waals surface area contributed by atoms with Crippen LogP contribution in [0.3, 0.4) is 0 Å². The van der Waals surface area contributed by atoms with E-state index in [4.69, 9.17) is 14.6 Å². The Morgan fingerprint density at radius 3 is 2.41 bits per heavy atom. The molecule has 1 saturated carbocycles. The number of carbonyl (C=O) groups excluding carboxylic acids is 1. The maximum absolute atomic E-state index is 11.5. The van der Waals surface area contributed by atoms with Gasteiger partial charge in [-0.25, -0.2) is 9.59 Å². The first-order valence-corrected chi connectivity index (χ1v) is 9.45. The van der Waals surface area contributed by atoms with Gasteiger partial charge in [-0.1, -0.05) is 24.3 Å². The monoisotopic (exact) mass is 372 g/mol. The van der Waals surface area contributed by atoms with Crippen molar-refractivity contribution in [1.82, 2.24) is 0 Å². The van der Waals surface area contributed by atoms with Crippen LogP contribution >= 0.6 is 0 Å². The van der Waals surface area contributed by atoms with Crippen molar-refractivity contribution in [2.45, 2.75) is 58.0 Å². The van der Waals surface area contributed by atoms with Crippen molar-refractivity contribution < 1.29 is 24.2 Å². The normalized spacial score (nSPS) is 20.4. The largest absolute Gasteiger partial charge is 0.493 e. The molecule has 0 atom stereocenters. The Bertz CT molecular complexity index is 679. The molecule has 5 heteroatoms. The lowest BCUT2D eigenvalue weighted by Crippen LogP contribution is -2.23. The molecule has 0 saturated heterocycles. The third-order valence-electron chi connectivity index (χ3n) is 4.79.